The maximum Gasteiger partial charge on any atom is 0.237 e. The van der Waals surface area contributed by atoms with E-state index < -0.39 is 6.04 Å². The summed E-state index contributed by atoms with van der Waals surface area (Å²) in [4.78, 5) is 15.7. The number of nitrogens with two attached hydrogens (primary N) is 1. The number of aromatic nitrogens is 1. The maximum atomic E-state index is 11.3. The number of halogens is 1. The highest BCUT2D eigenvalue weighted by Gasteiger charge is 2.14. The molecule has 1 aromatic heterocycles. The van der Waals surface area contributed by atoms with Gasteiger partial charge in [0.25, 0.3) is 0 Å². The van der Waals surface area contributed by atoms with Gasteiger partial charge in [0.2, 0.25) is 5.91 Å². The molecule has 0 fully saturated rings. The van der Waals surface area contributed by atoms with Crippen molar-refractivity contribution >= 4 is 29.7 Å². The van der Waals surface area contributed by atoms with Crippen molar-refractivity contribution in [2.75, 3.05) is 0 Å². The number of amides is 1. The predicted octanol–water partition coefficient (Wildman–Crippen LogP) is 1.65. The lowest BCUT2D eigenvalue weighted by Crippen LogP contribution is -2.39. The summed E-state index contributed by atoms with van der Waals surface area (Å²) in [6, 6.07) is -0.545. The second kappa shape index (κ2) is 6.83. The Balaban J connectivity index is 0.00000225. The van der Waals surface area contributed by atoms with Crippen LogP contribution in [-0.4, -0.2) is 16.9 Å². The molecule has 4 nitrogen and oxygen atoms in total. The number of thiazole rings is 1. The Bertz CT molecular complexity index is 341. The molecule has 0 aliphatic heterocycles. The first-order valence-electron chi connectivity index (χ1n) is 5.04. The van der Waals surface area contributed by atoms with E-state index in [0.29, 0.717) is 0 Å². The highest BCUT2D eigenvalue weighted by Crippen LogP contribution is 2.16. The van der Waals surface area contributed by atoms with Crippen LogP contribution in [0.25, 0.3) is 0 Å². The molecule has 3 N–H and O–H groups in total. The van der Waals surface area contributed by atoms with Crippen LogP contribution in [0, 0.1) is 0 Å². The second-order valence-corrected chi connectivity index (χ2v) is 4.48. The van der Waals surface area contributed by atoms with Gasteiger partial charge in [-0.05, 0) is 20.3 Å². The molecule has 92 valence electrons. The Hall–Kier alpha value is -0.650. The van der Waals surface area contributed by atoms with Gasteiger partial charge in [0.05, 0.1) is 22.8 Å². The summed E-state index contributed by atoms with van der Waals surface area (Å²) >= 11 is 1.62. The van der Waals surface area contributed by atoms with Crippen LogP contribution in [0.3, 0.4) is 0 Å². The van der Waals surface area contributed by atoms with Crippen LogP contribution >= 0.6 is 23.7 Å². The summed E-state index contributed by atoms with van der Waals surface area (Å²) in [5.41, 5.74) is 6.37. The SMILES string of the molecule is CCc1nc(C(C)NC(=O)C(C)N)cs1.Cl. The van der Waals surface area contributed by atoms with Gasteiger partial charge in [-0.2, -0.15) is 0 Å². The summed E-state index contributed by atoms with van der Waals surface area (Å²) in [6.07, 6.45) is 0.929. The van der Waals surface area contributed by atoms with E-state index in [4.69, 9.17) is 5.73 Å². The van der Waals surface area contributed by atoms with Crippen molar-refractivity contribution in [1.29, 1.82) is 0 Å². The van der Waals surface area contributed by atoms with Gasteiger partial charge in [-0.15, -0.1) is 23.7 Å². The molecule has 2 unspecified atom stereocenters. The van der Waals surface area contributed by atoms with E-state index in [1.54, 1.807) is 18.3 Å². The molecule has 1 aromatic rings. The van der Waals surface area contributed by atoms with Crippen molar-refractivity contribution in [3.8, 4) is 0 Å². The Morgan fingerprint density at radius 2 is 2.25 bits per heavy atom. The first-order valence-corrected chi connectivity index (χ1v) is 5.92. The maximum absolute atomic E-state index is 11.3. The van der Waals surface area contributed by atoms with Crippen LogP contribution in [-0.2, 0) is 11.2 Å². The van der Waals surface area contributed by atoms with Gasteiger partial charge in [-0.3, -0.25) is 4.79 Å². The van der Waals surface area contributed by atoms with E-state index >= 15 is 0 Å². The van der Waals surface area contributed by atoms with Crippen molar-refractivity contribution in [1.82, 2.24) is 10.3 Å². The minimum absolute atomic E-state index is 0. The monoisotopic (exact) mass is 263 g/mol. The van der Waals surface area contributed by atoms with Crippen LogP contribution in [0.1, 0.15) is 37.5 Å². The third-order valence-corrected chi connectivity index (χ3v) is 3.10. The summed E-state index contributed by atoms with van der Waals surface area (Å²) < 4.78 is 0. The number of rotatable bonds is 4. The van der Waals surface area contributed by atoms with Gasteiger partial charge in [0, 0.05) is 5.38 Å². The molecule has 1 amide bonds. The Labute approximate surface area is 106 Å². The van der Waals surface area contributed by atoms with Crippen molar-refractivity contribution in [3.63, 3.8) is 0 Å². The number of hydrogen-bond donors (Lipinski definition) is 2. The molecular weight excluding hydrogens is 246 g/mol. The predicted molar refractivity (Wildman–Crippen MR) is 68.9 cm³/mol. The first kappa shape index (κ1) is 15.3. The van der Waals surface area contributed by atoms with Gasteiger partial charge in [-0.1, -0.05) is 6.92 Å². The zero-order valence-electron chi connectivity index (χ0n) is 9.69. The Morgan fingerprint density at radius 1 is 1.62 bits per heavy atom. The van der Waals surface area contributed by atoms with Crippen LogP contribution in [0.5, 0.6) is 0 Å². The third-order valence-electron chi connectivity index (χ3n) is 2.09. The van der Waals surface area contributed by atoms with Gasteiger partial charge >= 0.3 is 0 Å². The normalized spacial score (nSPS) is 13.8. The molecule has 0 saturated carbocycles. The van der Waals surface area contributed by atoms with E-state index in [1.807, 2.05) is 12.3 Å². The summed E-state index contributed by atoms with van der Waals surface area (Å²) in [5, 5.41) is 5.88. The standard InChI is InChI=1S/C10H17N3OS.ClH/c1-4-9-13-8(5-15-9)7(3)12-10(14)6(2)11;/h5-7H,4,11H2,1-3H3,(H,12,14);1H. The zero-order valence-corrected chi connectivity index (χ0v) is 11.3. The van der Waals surface area contributed by atoms with E-state index in [2.05, 4.69) is 17.2 Å². The molecule has 0 aliphatic carbocycles. The third kappa shape index (κ3) is 4.08. The number of nitrogens with one attached hydrogen (secondary N) is 1. The van der Waals surface area contributed by atoms with E-state index in [0.717, 1.165) is 17.1 Å². The topological polar surface area (TPSA) is 68.0 Å². The van der Waals surface area contributed by atoms with Crippen LogP contribution in [0.15, 0.2) is 5.38 Å². The van der Waals surface area contributed by atoms with Crippen LogP contribution in [0.4, 0.5) is 0 Å². The van der Waals surface area contributed by atoms with Crippen molar-refractivity contribution < 1.29 is 4.79 Å². The van der Waals surface area contributed by atoms with Gasteiger partial charge in [0.1, 0.15) is 0 Å². The zero-order chi connectivity index (χ0) is 11.4. The van der Waals surface area contributed by atoms with Gasteiger partial charge in [0.15, 0.2) is 0 Å². The molecule has 0 radical (unpaired) electrons. The van der Waals surface area contributed by atoms with Crippen molar-refractivity contribution in [2.45, 2.75) is 39.3 Å². The number of hydrogen-bond acceptors (Lipinski definition) is 4. The largest absolute Gasteiger partial charge is 0.347 e. The highest BCUT2D eigenvalue weighted by molar-refractivity contribution is 7.09. The fraction of sp³-hybridized carbons (Fsp3) is 0.600. The number of aryl methyl sites for hydroxylation is 1. The molecule has 1 heterocycles. The molecule has 2 atom stereocenters. The van der Waals surface area contributed by atoms with E-state index in [1.165, 1.54) is 0 Å². The summed E-state index contributed by atoms with van der Waals surface area (Å²) in [6.45, 7) is 5.64. The summed E-state index contributed by atoms with van der Waals surface area (Å²) in [7, 11) is 0. The van der Waals surface area contributed by atoms with Crippen LogP contribution < -0.4 is 11.1 Å². The lowest BCUT2D eigenvalue weighted by molar-refractivity contribution is -0.122. The van der Waals surface area contributed by atoms with Gasteiger partial charge in [-0.25, -0.2) is 4.98 Å². The Morgan fingerprint density at radius 3 is 2.69 bits per heavy atom. The lowest BCUT2D eigenvalue weighted by atomic mass is 10.2. The van der Waals surface area contributed by atoms with Gasteiger partial charge < -0.3 is 11.1 Å². The van der Waals surface area contributed by atoms with E-state index in [9.17, 15) is 4.79 Å². The minimum atomic E-state index is -0.475. The van der Waals surface area contributed by atoms with E-state index in [-0.39, 0.29) is 24.4 Å². The molecule has 0 aromatic carbocycles. The average Bonchev–Trinajstić information content (AvgIpc) is 2.65. The Kier molecular flexibility index (Phi) is 6.55. The summed E-state index contributed by atoms with van der Waals surface area (Å²) in [5.74, 6) is -0.145. The molecule has 0 aliphatic rings. The molecule has 0 bridgehead atoms. The molecule has 1 rings (SSSR count). The smallest absolute Gasteiger partial charge is 0.237 e. The quantitative estimate of drug-likeness (QED) is 0.868. The number of nitrogens with zero attached hydrogens (tertiary/aromatic N) is 1. The highest BCUT2D eigenvalue weighted by atomic mass is 35.5. The number of carbonyl (C=O) groups is 1. The van der Waals surface area contributed by atoms with Crippen molar-refractivity contribution in [3.05, 3.63) is 16.1 Å². The molecule has 0 spiro atoms. The molecule has 16 heavy (non-hydrogen) atoms. The van der Waals surface area contributed by atoms with Crippen LogP contribution in [0.2, 0.25) is 0 Å². The fourth-order valence-electron chi connectivity index (χ4n) is 1.11. The molecule has 6 heteroatoms. The molecular formula is C10H18ClN3OS. The fourth-order valence-corrected chi connectivity index (χ4v) is 1.94. The number of carbonyl (C=O) groups excluding carboxylic acids is 1. The minimum Gasteiger partial charge on any atom is -0.347 e. The average molecular weight is 264 g/mol. The lowest BCUT2D eigenvalue weighted by Gasteiger charge is -2.13. The second-order valence-electron chi connectivity index (χ2n) is 3.54. The first-order chi connectivity index (χ1) is 7.04. The molecule has 0 saturated heterocycles. The van der Waals surface area contributed by atoms with Crippen molar-refractivity contribution in [2.24, 2.45) is 5.73 Å².